The second kappa shape index (κ2) is 5.88. The molecule has 2 aromatic carbocycles. The van der Waals surface area contributed by atoms with Crippen molar-refractivity contribution in [3.8, 4) is 0 Å². The molecule has 118 valence electrons. The molecule has 4 nitrogen and oxygen atoms in total. The molecule has 0 atom stereocenters. The maximum atomic E-state index is 12.7. The molecule has 0 N–H and O–H groups in total. The van der Waals surface area contributed by atoms with Crippen LogP contribution in [0.3, 0.4) is 0 Å². The van der Waals surface area contributed by atoms with E-state index in [4.69, 9.17) is 0 Å². The number of carbonyl (C=O) groups excluding carboxylic acids is 2. The van der Waals surface area contributed by atoms with Crippen LogP contribution in [0.5, 0.6) is 0 Å². The SMILES string of the molecule is C=CCN1C(=O)c2cccc3c(N(CC)CC)ccc(c23)C1=O. The zero-order valence-electron chi connectivity index (χ0n) is 13.5. The molecule has 0 saturated carbocycles. The van der Waals surface area contributed by atoms with E-state index in [0.717, 1.165) is 29.5 Å². The van der Waals surface area contributed by atoms with Gasteiger partial charge >= 0.3 is 0 Å². The summed E-state index contributed by atoms with van der Waals surface area (Å²) < 4.78 is 0. The molecular weight excluding hydrogens is 288 g/mol. The minimum atomic E-state index is -0.246. The van der Waals surface area contributed by atoms with Crippen LogP contribution in [-0.4, -0.2) is 36.3 Å². The Hall–Kier alpha value is -2.62. The summed E-state index contributed by atoms with van der Waals surface area (Å²) in [6.07, 6.45) is 1.57. The van der Waals surface area contributed by atoms with E-state index in [1.165, 1.54) is 4.90 Å². The Bertz CT molecular complexity index is 784. The van der Waals surface area contributed by atoms with Crippen LogP contribution in [0.25, 0.3) is 10.8 Å². The third-order valence-electron chi connectivity index (χ3n) is 4.38. The van der Waals surface area contributed by atoms with Gasteiger partial charge in [-0.15, -0.1) is 6.58 Å². The quantitative estimate of drug-likeness (QED) is 0.627. The van der Waals surface area contributed by atoms with Crippen molar-refractivity contribution in [1.29, 1.82) is 0 Å². The van der Waals surface area contributed by atoms with Crippen LogP contribution in [0.1, 0.15) is 34.6 Å². The fourth-order valence-electron chi connectivity index (χ4n) is 3.27. The first-order valence-electron chi connectivity index (χ1n) is 7.91. The first kappa shape index (κ1) is 15.3. The largest absolute Gasteiger partial charge is 0.372 e. The molecule has 0 saturated heterocycles. The Kier molecular flexibility index (Phi) is 3.90. The van der Waals surface area contributed by atoms with Crippen molar-refractivity contribution in [1.82, 2.24) is 4.90 Å². The van der Waals surface area contributed by atoms with Gasteiger partial charge in [0, 0.05) is 47.2 Å². The number of amides is 2. The lowest BCUT2D eigenvalue weighted by Gasteiger charge is -2.29. The molecule has 23 heavy (non-hydrogen) atoms. The van der Waals surface area contributed by atoms with E-state index in [0.29, 0.717) is 11.1 Å². The number of nitrogens with zero attached hydrogens (tertiary/aromatic N) is 2. The molecule has 3 rings (SSSR count). The maximum Gasteiger partial charge on any atom is 0.261 e. The van der Waals surface area contributed by atoms with Crippen LogP contribution in [0, 0.1) is 0 Å². The second-order valence-electron chi connectivity index (χ2n) is 5.54. The molecule has 2 aromatic rings. The second-order valence-corrected chi connectivity index (χ2v) is 5.54. The van der Waals surface area contributed by atoms with Gasteiger partial charge in [0.25, 0.3) is 11.8 Å². The molecule has 1 heterocycles. The Morgan fingerprint density at radius 3 is 2.30 bits per heavy atom. The van der Waals surface area contributed by atoms with Crippen LogP contribution >= 0.6 is 0 Å². The lowest BCUT2D eigenvalue weighted by molar-refractivity contribution is 0.0629. The lowest BCUT2D eigenvalue weighted by Crippen LogP contribution is -2.40. The molecular formula is C19H20N2O2. The molecule has 0 aliphatic carbocycles. The maximum absolute atomic E-state index is 12.7. The molecule has 1 aliphatic heterocycles. The van der Waals surface area contributed by atoms with E-state index in [2.05, 4.69) is 25.3 Å². The third kappa shape index (κ3) is 2.22. The van der Waals surface area contributed by atoms with Gasteiger partial charge in [-0.1, -0.05) is 18.2 Å². The van der Waals surface area contributed by atoms with E-state index in [1.807, 2.05) is 24.3 Å². The fourth-order valence-corrected chi connectivity index (χ4v) is 3.27. The van der Waals surface area contributed by atoms with E-state index >= 15 is 0 Å². The van der Waals surface area contributed by atoms with Crippen molar-refractivity contribution >= 4 is 28.3 Å². The van der Waals surface area contributed by atoms with Crippen molar-refractivity contribution in [3.05, 3.63) is 54.1 Å². The van der Waals surface area contributed by atoms with E-state index < -0.39 is 0 Å². The third-order valence-corrected chi connectivity index (χ3v) is 4.38. The summed E-state index contributed by atoms with van der Waals surface area (Å²) in [5, 5.41) is 1.73. The highest BCUT2D eigenvalue weighted by molar-refractivity contribution is 6.26. The number of rotatable bonds is 5. The summed E-state index contributed by atoms with van der Waals surface area (Å²) in [5.41, 5.74) is 2.24. The summed E-state index contributed by atoms with van der Waals surface area (Å²) >= 11 is 0. The number of imide groups is 1. The van der Waals surface area contributed by atoms with Gasteiger partial charge in [-0.2, -0.15) is 0 Å². The molecule has 0 spiro atoms. The molecule has 0 bridgehead atoms. The zero-order chi connectivity index (χ0) is 16.6. The highest BCUT2D eigenvalue weighted by Crippen LogP contribution is 2.35. The van der Waals surface area contributed by atoms with Gasteiger partial charge in [-0.25, -0.2) is 0 Å². The minimum absolute atomic E-state index is 0.227. The number of anilines is 1. The van der Waals surface area contributed by atoms with E-state index in [9.17, 15) is 9.59 Å². The van der Waals surface area contributed by atoms with Crippen LogP contribution in [0.15, 0.2) is 43.0 Å². The van der Waals surface area contributed by atoms with Crippen LogP contribution < -0.4 is 4.90 Å². The highest BCUT2D eigenvalue weighted by Gasteiger charge is 2.32. The average Bonchev–Trinajstić information content (AvgIpc) is 2.58. The summed E-state index contributed by atoms with van der Waals surface area (Å²) in [7, 11) is 0. The molecule has 0 aromatic heterocycles. The zero-order valence-corrected chi connectivity index (χ0v) is 13.5. The van der Waals surface area contributed by atoms with Crippen molar-refractivity contribution in [3.63, 3.8) is 0 Å². The smallest absolute Gasteiger partial charge is 0.261 e. The normalized spacial score (nSPS) is 13.6. The Labute approximate surface area is 136 Å². The number of hydrogen-bond donors (Lipinski definition) is 0. The molecule has 4 heteroatoms. The number of hydrogen-bond acceptors (Lipinski definition) is 3. The van der Waals surface area contributed by atoms with Gasteiger partial charge in [0.2, 0.25) is 0 Å². The lowest BCUT2D eigenvalue weighted by atomic mass is 9.92. The first-order chi connectivity index (χ1) is 11.1. The molecule has 0 unspecified atom stereocenters. The predicted octanol–water partition coefficient (Wildman–Crippen LogP) is 3.47. The molecule has 2 amide bonds. The van der Waals surface area contributed by atoms with Gasteiger partial charge in [-0.05, 0) is 32.0 Å². The molecule has 0 radical (unpaired) electrons. The van der Waals surface area contributed by atoms with Gasteiger partial charge in [0.15, 0.2) is 0 Å². The van der Waals surface area contributed by atoms with Crippen LogP contribution in [0.4, 0.5) is 5.69 Å². The Morgan fingerprint density at radius 2 is 1.70 bits per heavy atom. The predicted molar refractivity (Wildman–Crippen MR) is 93.1 cm³/mol. The van der Waals surface area contributed by atoms with Gasteiger partial charge in [-0.3, -0.25) is 14.5 Å². The van der Waals surface area contributed by atoms with Crippen molar-refractivity contribution in [2.24, 2.45) is 0 Å². The highest BCUT2D eigenvalue weighted by atomic mass is 16.2. The number of benzene rings is 2. The van der Waals surface area contributed by atoms with E-state index in [-0.39, 0.29) is 18.4 Å². The van der Waals surface area contributed by atoms with Crippen molar-refractivity contribution in [2.45, 2.75) is 13.8 Å². The molecule has 0 fully saturated rings. The minimum Gasteiger partial charge on any atom is -0.372 e. The summed E-state index contributed by atoms with van der Waals surface area (Å²) in [6, 6.07) is 9.48. The topological polar surface area (TPSA) is 40.6 Å². The van der Waals surface area contributed by atoms with E-state index in [1.54, 1.807) is 12.1 Å². The van der Waals surface area contributed by atoms with Crippen molar-refractivity contribution < 1.29 is 9.59 Å². The summed E-state index contributed by atoms with van der Waals surface area (Å²) in [4.78, 5) is 28.8. The number of carbonyl (C=O) groups is 2. The van der Waals surface area contributed by atoms with Crippen LogP contribution in [0.2, 0.25) is 0 Å². The standard InChI is InChI=1S/C19H20N2O2/c1-4-12-21-18(22)14-9-7-8-13-16(20(5-2)6-3)11-10-15(17(13)14)19(21)23/h4,7-11H,1,5-6,12H2,2-3H3. The Morgan fingerprint density at radius 1 is 1.04 bits per heavy atom. The first-order valence-corrected chi connectivity index (χ1v) is 7.91. The Balaban J connectivity index is 2.30. The monoisotopic (exact) mass is 308 g/mol. The molecule has 1 aliphatic rings. The summed E-state index contributed by atoms with van der Waals surface area (Å²) in [6.45, 7) is 9.81. The van der Waals surface area contributed by atoms with Gasteiger partial charge in [0.1, 0.15) is 0 Å². The fraction of sp³-hybridized carbons (Fsp3) is 0.263. The van der Waals surface area contributed by atoms with Gasteiger partial charge < -0.3 is 4.90 Å². The average molecular weight is 308 g/mol. The van der Waals surface area contributed by atoms with Crippen molar-refractivity contribution in [2.75, 3.05) is 24.5 Å². The summed E-state index contributed by atoms with van der Waals surface area (Å²) in [5.74, 6) is -0.491. The van der Waals surface area contributed by atoms with Crippen LogP contribution in [-0.2, 0) is 0 Å². The van der Waals surface area contributed by atoms with Gasteiger partial charge in [0.05, 0.1) is 0 Å².